The van der Waals surface area contributed by atoms with E-state index < -0.39 is 0 Å². The Labute approximate surface area is 88.0 Å². The zero-order valence-corrected chi connectivity index (χ0v) is 8.18. The van der Waals surface area contributed by atoms with Crippen LogP contribution in [0.1, 0.15) is 23.0 Å². The standard InChI is InChI=1S/C13H11NO/c15-13-12-9-5-6-10(14-13)11(12)8-4-2-1-3-7(8)9/h1-6,9-12H,(H,14,15)/t9?,10-,11?,12?/m0/s1. The smallest absolute Gasteiger partial charge is 0.225 e. The highest BCUT2D eigenvalue weighted by molar-refractivity contribution is 5.87. The fourth-order valence-electron chi connectivity index (χ4n) is 3.45. The number of nitrogens with one attached hydrogen (secondary N) is 1. The minimum absolute atomic E-state index is 0.164. The monoisotopic (exact) mass is 197 g/mol. The van der Waals surface area contributed by atoms with E-state index in [-0.39, 0.29) is 17.9 Å². The Morgan fingerprint density at radius 3 is 2.67 bits per heavy atom. The summed E-state index contributed by atoms with van der Waals surface area (Å²) in [5.41, 5.74) is 2.74. The van der Waals surface area contributed by atoms with Gasteiger partial charge >= 0.3 is 0 Å². The second-order valence-corrected chi connectivity index (χ2v) is 4.63. The average molecular weight is 197 g/mol. The van der Waals surface area contributed by atoms with Gasteiger partial charge in [0.15, 0.2) is 0 Å². The zero-order valence-electron chi connectivity index (χ0n) is 8.18. The summed E-state index contributed by atoms with van der Waals surface area (Å²) in [5, 5.41) is 3.06. The van der Waals surface area contributed by atoms with Crippen LogP contribution in [-0.4, -0.2) is 11.9 Å². The van der Waals surface area contributed by atoms with Gasteiger partial charge in [-0.25, -0.2) is 0 Å². The minimum Gasteiger partial charge on any atom is -0.349 e. The number of carbonyl (C=O) groups excluding carboxylic acids is 1. The highest BCUT2D eigenvalue weighted by Gasteiger charge is 2.53. The summed E-state index contributed by atoms with van der Waals surface area (Å²) in [4.78, 5) is 11.8. The fraction of sp³-hybridized carbons (Fsp3) is 0.308. The molecule has 1 aromatic rings. The Bertz CT molecular complexity index is 491. The van der Waals surface area contributed by atoms with Crippen LogP contribution in [0.5, 0.6) is 0 Å². The molecule has 1 heterocycles. The van der Waals surface area contributed by atoms with Crippen molar-refractivity contribution in [1.82, 2.24) is 5.32 Å². The summed E-state index contributed by atoms with van der Waals surface area (Å²) in [5.74, 6) is 1.11. The third-order valence-corrected chi connectivity index (χ3v) is 4.01. The van der Waals surface area contributed by atoms with Crippen molar-refractivity contribution in [3.63, 3.8) is 0 Å². The Kier molecular flexibility index (Phi) is 1.19. The van der Waals surface area contributed by atoms with E-state index in [1.54, 1.807) is 0 Å². The Morgan fingerprint density at radius 2 is 1.80 bits per heavy atom. The number of hydrogen-bond acceptors (Lipinski definition) is 1. The van der Waals surface area contributed by atoms with E-state index in [4.69, 9.17) is 0 Å². The SMILES string of the molecule is O=C1N[C@H]2C=CC3c4ccccc4C2C13. The highest BCUT2D eigenvalue weighted by Crippen LogP contribution is 2.54. The number of allylic oxidation sites excluding steroid dienone is 1. The molecule has 3 unspecified atom stereocenters. The van der Waals surface area contributed by atoms with Crippen molar-refractivity contribution in [2.75, 3.05) is 0 Å². The lowest BCUT2D eigenvalue weighted by molar-refractivity contribution is -0.122. The summed E-state index contributed by atoms with van der Waals surface area (Å²) in [7, 11) is 0. The van der Waals surface area contributed by atoms with E-state index in [1.807, 2.05) is 0 Å². The molecule has 4 rings (SSSR count). The Balaban J connectivity index is 2.01. The van der Waals surface area contributed by atoms with Crippen molar-refractivity contribution < 1.29 is 4.79 Å². The highest BCUT2D eigenvalue weighted by atomic mass is 16.2. The molecule has 15 heavy (non-hydrogen) atoms. The van der Waals surface area contributed by atoms with Crippen molar-refractivity contribution in [1.29, 1.82) is 0 Å². The first-order valence-corrected chi connectivity index (χ1v) is 5.44. The van der Waals surface area contributed by atoms with Gasteiger partial charge in [-0.15, -0.1) is 0 Å². The molecule has 2 heteroatoms. The van der Waals surface area contributed by atoms with Crippen LogP contribution in [0, 0.1) is 5.92 Å². The summed E-state index contributed by atoms with van der Waals surface area (Å²) in [6, 6.07) is 8.72. The van der Waals surface area contributed by atoms with Gasteiger partial charge in [0.2, 0.25) is 5.91 Å². The molecule has 0 saturated carbocycles. The molecule has 74 valence electrons. The molecule has 0 spiro atoms. The molecular weight excluding hydrogens is 186 g/mol. The molecule has 2 nitrogen and oxygen atoms in total. The minimum atomic E-state index is 0.164. The van der Waals surface area contributed by atoms with Crippen LogP contribution in [0.25, 0.3) is 0 Å². The molecule has 0 aromatic heterocycles. The van der Waals surface area contributed by atoms with Crippen molar-refractivity contribution in [3.8, 4) is 0 Å². The molecule has 1 aromatic carbocycles. The predicted molar refractivity (Wildman–Crippen MR) is 56.5 cm³/mol. The van der Waals surface area contributed by atoms with Gasteiger partial charge in [-0.2, -0.15) is 0 Å². The first-order chi connectivity index (χ1) is 7.36. The van der Waals surface area contributed by atoms with E-state index in [0.29, 0.717) is 11.8 Å². The molecule has 1 saturated heterocycles. The molecule has 4 atom stereocenters. The third-order valence-electron chi connectivity index (χ3n) is 4.01. The van der Waals surface area contributed by atoms with E-state index in [9.17, 15) is 4.79 Å². The zero-order chi connectivity index (χ0) is 9.99. The summed E-state index contributed by atoms with van der Waals surface area (Å²) >= 11 is 0. The number of hydrogen-bond donors (Lipinski definition) is 1. The van der Waals surface area contributed by atoms with Crippen molar-refractivity contribution in [2.45, 2.75) is 17.9 Å². The van der Waals surface area contributed by atoms with E-state index in [0.717, 1.165) is 0 Å². The summed E-state index contributed by atoms with van der Waals surface area (Å²) < 4.78 is 0. The summed E-state index contributed by atoms with van der Waals surface area (Å²) in [6.45, 7) is 0. The van der Waals surface area contributed by atoms with Crippen molar-refractivity contribution in [2.24, 2.45) is 5.92 Å². The topological polar surface area (TPSA) is 29.1 Å². The predicted octanol–water partition coefficient (Wildman–Crippen LogP) is 1.55. The number of amides is 1. The van der Waals surface area contributed by atoms with Gasteiger partial charge in [0, 0.05) is 11.8 Å². The average Bonchev–Trinajstić information content (AvgIpc) is 2.64. The van der Waals surface area contributed by atoms with Gasteiger partial charge in [0.05, 0.1) is 12.0 Å². The fourth-order valence-corrected chi connectivity index (χ4v) is 3.45. The lowest BCUT2D eigenvalue weighted by Gasteiger charge is -2.19. The molecule has 2 aliphatic carbocycles. The Hall–Kier alpha value is -1.57. The van der Waals surface area contributed by atoms with Crippen LogP contribution in [0.3, 0.4) is 0 Å². The lowest BCUT2D eigenvalue weighted by Crippen LogP contribution is -2.25. The van der Waals surface area contributed by atoms with E-state index in [1.165, 1.54) is 11.1 Å². The molecule has 1 N–H and O–H groups in total. The lowest BCUT2D eigenvalue weighted by atomic mass is 9.82. The Morgan fingerprint density at radius 1 is 1.00 bits per heavy atom. The van der Waals surface area contributed by atoms with Crippen LogP contribution < -0.4 is 5.32 Å². The maximum atomic E-state index is 11.8. The molecule has 1 amide bonds. The first kappa shape index (κ1) is 7.69. The normalized spacial score (nSPS) is 39.1. The summed E-state index contributed by atoms with van der Waals surface area (Å²) in [6.07, 6.45) is 4.37. The van der Waals surface area contributed by atoms with Crippen LogP contribution in [-0.2, 0) is 4.79 Å². The molecule has 4 bridgehead atoms. The molecule has 1 aliphatic heterocycles. The molecule has 0 radical (unpaired) electrons. The van der Waals surface area contributed by atoms with Gasteiger partial charge in [0.25, 0.3) is 0 Å². The van der Waals surface area contributed by atoms with Crippen molar-refractivity contribution in [3.05, 3.63) is 47.5 Å². The van der Waals surface area contributed by atoms with E-state index in [2.05, 4.69) is 41.7 Å². The number of fused-ring (bicyclic) bond motifs is 2. The van der Waals surface area contributed by atoms with Gasteiger partial charge in [-0.3, -0.25) is 4.79 Å². The maximum absolute atomic E-state index is 11.8. The quantitative estimate of drug-likeness (QED) is 0.628. The third kappa shape index (κ3) is 0.751. The molecule has 1 fully saturated rings. The largest absolute Gasteiger partial charge is 0.349 e. The number of rotatable bonds is 0. The number of carbonyl (C=O) groups is 1. The van der Waals surface area contributed by atoms with Crippen LogP contribution >= 0.6 is 0 Å². The van der Waals surface area contributed by atoms with Gasteiger partial charge in [-0.1, -0.05) is 36.4 Å². The van der Waals surface area contributed by atoms with Crippen LogP contribution in [0.15, 0.2) is 36.4 Å². The first-order valence-electron chi connectivity index (χ1n) is 5.44. The van der Waals surface area contributed by atoms with E-state index >= 15 is 0 Å². The second kappa shape index (κ2) is 2.32. The maximum Gasteiger partial charge on any atom is 0.225 e. The molecular formula is C13H11NO. The second-order valence-electron chi connectivity index (χ2n) is 4.63. The van der Waals surface area contributed by atoms with Crippen LogP contribution in [0.2, 0.25) is 0 Å². The van der Waals surface area contributed by atoms with Gasteiger partial charge < -0.3 is 5.32 Å². The van der Waals surface area contributed by atoms with Crippen molar-refractivity contribution >= 4 is 5.91 Å². The molecule has 3 aliphatic rings. The van der Waals surface area contributed by atoms with Crippen LogP contribution in [0.4, 0.5) is 0 Å². The van der Waals surface area contributed by atoms with Gasteiger partial charge in [0.1, 0.15) is 0 Å². The number of benzene rings is 1. The van der Waals surface area contributed by atoms with Gasteiger partial charge in [-0.05, 0) is 11.1 Å².